The van der Waals surface area contributed by atoms with Crippen LogP contribution in [0.1, 0.15) is 32.1 Å². The number of likely N-dealkylation sites (N-methyl/N-ethyl adjacent to an activating group) is 1. The zero-order valence-corrected chi connectivity index (χ0v) is 11.6. The lowest BCUT2D eigenvalue weighted by atomic mass is 10.0. The van der Waals surface area contributed by atoms with Crippen LogP contribution in [0.2, 0.25) is 0 Å². The molecule has 2 unspecified atom stereocenters. The van der Waals surface area contributed by atoms with Gasteiger partial charge in [-0.3, -0.25) is 9.59 Å². The molecule has 19 heavy (non-hydrogen) atoms. The molecule has 1 N–H and O–H groups in total. The summed E-state index contributed by atoms with van der Waals surface area (Å²) in [6.07, 6.45) is 4.82. The van der Waals surface area contributed by atoms with E-state index in [0.717, 1.165) is 38.8 Å². The molecule has 106 valence electrons. The normalized spacial score (nSPS) is 34.1. The van der Waals surface area contributed by atoms with E-state index < -0.39 is 0 Å². The molecule has 3 rings (SSSR count). The molecule has 0 aromatic heterocycles. The fraction of sp³-hybridized carbons (Fsp3) is 0.857. The van der Waals surface area contributed by atoms with E-state index in [-0.39, 0.29) is 17.9 Å². The summed E-state index contributed by atoms with van der Waals surface area (Å²) >= 11 is 0. The van der Waals surface area contributed by atoms with Crippen molar-refractivity contribution in [1.29, 1.82) is 0 Å². The summed E-state index contributed by atoms with van der Waals surface area (Å²) in [5.41, 5.74) is 0. The molecule has 3 fully saturated rings. The fourth-order valence-corrected chi connectivity index (χ4v) is 3.32. The number of piperidine rings is 1. The Morgan fingerprint density at radius 1 is 1.16 bits per heavy atom. The second-order valence-electron chi connectivity index (χ2n) is 6.22. The van der Waals surface area contributed by atoms with E-state index in [1.807, 2.05) is 4.90 Å². The predicted octanol–water partition coefficient (Wildman–Crippen LogP) is 0.208. The van der Waals surface area contributed by atoms with Gasteiger partial charge in [-0.05, 0) is 45.2 Å². The summed E-state index contributed by atoms with van der Waals surface area (Å²) in [6.45, 7) is 2.64. The monoisotopic (exact) mass is 265 g/mol. The van der Waals surface area contributed by atoms with Crippen molar-refractivity contribution < 1.29 is 9.59 Å². The topological polar surface area (TPSA) is 52.6 Å². The summed E-state index contributed by atoms with van der Waals surface area (Å²) in [6, 6.07) is 0.0439. The summed E-state index contributed by atoms with van der Waals surface area (Å²) in [5, 5.41) is 2.93. The number of carbonyl (C=O) groups excluding carboxylic acids is 2. The van der Waals surface area contributed by atoms with Gasteiger partial charge in [0.05, 0.1) is 0 Å². The molecule has 3 aliphatic rings. The Hall–Kier alpha value is -1.10. The van der Waals surface area contributed by atoms with Gasteiger partial charge in [-0.15, -0.1) is 0 Å². The van der Waals surface area contributed by atoms with Gasteiger partial charge in [0.15, 0.2) is 0 Å². The van der Waals surface area contributed by atoms with Gasteiger partial charge in [0, 0.05) is 25.6 Å². The Bertz CT molecular complexity index is 381. The van der Waals surface area contributed by atoms with Crippen molar-refractivity contribution in [1.82, 2.24) is 15.1 Å². The lowest BCUT2D eigenvalue weighted by Crippen LogP contribution is -2.53. The van der Waals surface area contributed by atoms with Crippen molar-refractivity contribution in [3.63, 3.8) is 0 Å². The van der Waals surface area contributed by atoms with Crippen molar-refractivity contribution in [2.75, 3.05) is 26.7 Å². The van der Waals surface area contributed by atoms with E-state index in [0.29, 0.717) is 24.9 Å². The molecule has 2 aliphatic heterocycles. The largest absolute Gasteiger partial charge is 0.344 e. The molecule has 1 aliphatic carbocycles. The predicted molar refractivity (Wildman–Crippen MR) is 71.5 cm³/mol. The number of rotatable bonds is 2. The number of hydrogen-bond donors (Lipinski definition) is 1. The van der Waals surface area contributed by atoms with Gasteiger partial charge in [-0.2, -0.15) is 0 Å². The maximum absolute atomic E-state index is 12.7. The fourth-order valence-electron chi connectivity index (χ4n) is 3.32. The summed E-state index contributed by atoms with van der Waals surface area (Å²) in [4.78, 5) is 28.7. The lowest BCUT2D eigenvalue weighted by molar-refractivity contribution is -0.137. The molecule has 2 amide bonds. The number of hydrogen-bond acceptors (Lipinski definition) is 3. The van der Waals surface area contributed by atoms with E-state index in [1.54, 1.807) is 0 Å². The second kappa shape index (κ2) is 5.12. The van der Waals surface area contributed by atoms with Crippen LogP contribution in [0.3, 0.4) is 0 Å². The highest BCUT2D eigenvalue weighted by atomic mass is 16.2. The number of amides is 2. The molecule has 0 aromatic carbocycles. The van der Waals surface area contributed by atoms with Gasteiger partial charge >= 0.3 is 0 Å². The quantitative estimate of drug-likeness (QED) is 0.776. The van der Waals surface area contributed by atoms with E-state index in [2.05, 4.69) is 17.3 Å². The van der Waals surface area contributed by atoms with Gasteiger partial charge in [0.1, 0.15) is 6.04 Å². The Balaban J connectivity index is 1.74. The van der Waals surface area contributed by atoms with Crippen molar-refractivity contribution in [2.24, 2.45) is 5.92 Å². The highest BCUT2D eigenvalue weighted by molar-refractivity contribution is 5.90. The van der Waals surface area contributed by atoms with Crippen molar-refractivity contribution in [3.8, 4) is 0 Å². The minimum atomic E-state index is -0.248. The Morgan fingerprint density at radius 2 is 1.95 bits per heavy atom. The summed E-state index contributed by atoms with van der Waals surface area (Å²) in [5.74, 6) is 0.587. The average Bonchev–Trinajstić information content (AvgIpc) is 3.19. The number of nitrogens with one attached hydrogen (secondary N) is 1. The molecule has 0 bridgehead atoms. The van der Waals surface area contributed by atoms with Crippen LogP contribution in [0.4, 0.5) is 0 Å². The third kappa shape index (κ3) is 2.76. The van der Waals surface area contributed by atoms with E-state index >= 15 is 0 Å². The van der Waals surface area contributed by atoms with Crippen LogP contribution in [0, 0.1) is 5.92 Å². The molecule has 0 spiro atoms. The van der Waals surface area contributed by atoms with Crippen molar-refractivity contribution in [3.05, 3.63) is 0 Å². The van der Waals surface area contributed by atoms with Crippen LogP contribution in [-0.2, 0) is 9.59 Å². The zero-order chi connectivity index (χ0) is 13.4. The van der Waals surface area contributed by atoms with Crippen LogP contribution in [0.25, 0.3) is 0 Å². The molecule has 0 aromatic rings. The number of carbonyl (C=O) groups is 2. The molecule has 0 radical (unpaired) electrons. The van der Waals surface area contributed by atoms with E-state index in [4.69, 9.17) is 0 Å². The Kier molecular flexibility index (Phi) is 3.48. The van der Waals surface area contributed by atoms with Crippen molar-refractivity contribution in [2.45, 2.75) is 44.2 Å². The van der Waals surface area contributed by atoms with E-state index in [1.165, 1.54) is 0 Å². The smallest absolute Gasteiger partial charge is 0.245 e. The van der Waals surface area contributed by atoms with Gasteiger partial charge in [-0.25, -0.2) is 0 Å². The van der Waals surface area contributed by atoms with Crippen LogP contribution in [-0.4, -0.2) is 60.4 Å². The van der Waals surface area contributed by atoms with Gasteiger partial charge in [0.25, 0.3) is 0 Å². The van der Waals surface area contributed by atoms with E-state index in [9.17, 15) is 9.59 Å². The standard InChI is InChI=1S/C14H23N3O2/c1-16-7-2-3-11(9-16)17-8-6-12(18)15-13(14(17)19)10-4-5-10/h10-11,13H,2-9H2,1H3,(H,15,18). The highest BCUT2D eigenvalue weighted by Crippen LogP contribution is 2.34. The highest BCUT2D eigenvalue weighted by Gasteiger charge is 2.42. The Labute approximate surface area is 114 Å². The molecular formula is C14H23N3O2. The first kappa shape index (κ1) is 12.9. The minimum absolute atomic E-state index is 0.0388. The molecule has 5 nitrogen and oxygen atoms in total. The third-order valence-corrected chi connectivity index (χ3v) is 4.58. The minimum Gasteiger partial charge on any atom is -0.344 e. The van der Waals surface area contributed by atoms with Gasteiger partial charge in [0.2, 0.25) is 11.8 Å². The van der Waals surface area contributed by atoms with Crippen LogP contribution in [0.15, 0.2) is 0 Å². The van der Waals surface area contributed by atoms with Gasteiger partial charge < -0.3 is 15.1 Å². The van der Waals surface area contributed by atoms with Crippen LogP contribution in [0.5, 0.6) is 0 Å². The van der Waals surface area contributed by atoms with Crippen LogP contribution >= 0.6 is 0 Å². The summed E-state index contributed by atoms with van der Waals surface area (Å²) < 4.78 is 0. The second-order valence-corrected chi connectivity index (χ2v) is 6.22. The first-order chi connectivity index (χ1) is 9.15. The zero-order valence-electron chi connectivity index (χ0n) is 11.6. The molecular weight excluding hydrogens is 242 g/mol. The van der Waals surface area contributed by atoms with Crippen LogP contribution < -0.4 is 5.32 Å². The molecule has 5 heteroatoms. The molecule has 1 saturated carbocycles. The summed E-state index contributed by atoms with van der Waals surface area (Å²) in [7, 11) is 2.11. The maximum Gasteiger partial charge on any atom is 0.245 e. The molecule has 2 saturated heterocycles. The first-order valence-corrected chi connectivity index (χ1v) is 7.43. The maximum atomic E-state index is 12.7. The number of likely N-dealkylation sites (tertiary alicyclic amines) is 1. The first-order valence-electron chi connectivity index (χ1n) is 7.43. The van der Waals surface area contributed by atoms with Crippen molar-refractivity contribution >= 4 is 11.8 Å². The number of nitrogens with zero attached hydrogens (tertiary/aromatic N) is 2. The SMILES string of the molecule is CN1CCCC(N2CCC(=O)NC(C3CC3)C2=O)C1. The average molecular weight is 265 g/mol. The van der Waals surface area contributed by atoms with Gasteiger partial charge in [-0.1, -0.05) is 0 Å². The molecule has 2 heterocycles. The molecule has 2 atom stereocenters. The lowest BCUT2D eigenvalue weighted by Gasteiger charge is -2.38. The Morgan fingerprint density at radius 3 is 2.63 bits per heavy atom. The third-order valence-electron chi connectivity index (χ3n) is 4.58.